The van der Waals surface area contributed by atoms with Crippen LogP contribution >= 0.6 is 11.8 Å². The first kappa shape index (κ1) is 21.0. The van der Waals surface area contributed by atoms with E-state index in [0.717, 1.165) is 33.9 Å². The van der Waals surface area contributed by atoms with Crippen LogP contribution in [0.25, 0.3) is 11.0 Å². The van der Waals surface area contributed by atoms with Gasteiger partial charge in [0.1, 0.15) is 5.82 Å². The lowest BCUT2D eigenvalue weighted by Gasteiger charge is -2.17. The Balaban J connectivity index is 1.35. The summed E-state index contributed by atoms with van der Waals surface area (Å²) >= 11 is 1.70. The fraction of sp³-hybridized carbons (Fsp3) is 0.333. The lowest BCUT2D eigenvalue weighted by atomic mass is 10.2. The van der Waals surface area contributed by atoms with E-state index < -0.39 is 11.8 Å². The smallest absolute Gasteiger partial charge is 0.281 e. The summed E-state index contributed by atoms with van der Waals surface area (Å²) in [6, 6.07) is 7.50. The molecule has 1 aliphatic rings. The van der Waals surface area contributed by atoms with Gasteiger partial charge in [0.05, 0.1) is 17.1 Å². The molecule has 0 bridgehead atoms. The molecule has 4 rings (SSSR count). The number of hydrogen-bond acceptors (Lipinski definition) is 7. The molecular formula is C21H22N6O3S. The number of imide groups is 1. The molecule has 3 heterocycles. The van der Waals surface area contributed by atoms with Gasteiger partial charge >= 0.3 is 0 Å². The Bertz CT molecular complexity index is 1060. The standard InChI is InChI=1S/C21H22N6O3S/c1-31-12-8-15(19-25-13-5-2-3-6-14(13)26-19)24-16(28)7-4-11-27-20(29)17-18(21(27)30)23-10-9-22-17/h2-3,5-6,9-10,15H,4,7-8,11-12H2,1H3,(H,24,28)(H,25,26)/t15-/m0/s1. The zero-order valence-electron chi connectivity index (χ0n) is 17.0. The maximum Gasteiger partial charge on any atom is 0.281 e. The number of carbonyl (C=O) groups excluding carboxylic acids is 3. The Morgan fingerprint density at radius 2 is 1.87 bits per heavy atom. The number of nitrogens with zero attached hydrogens (tertiary/aromatic N) is 4. The lowest BCUT2D eigenvalue weighted by molar-refractivity contribution is -0.122. The predicted octanol–water partition coefficient (Wildman–Crippen LogP) is 2.34. The van der Waals surface area contributed by atoms with Crippen LogP contribution in [0.15, 0.2) is 36.7 Å². The molecule has 3 amide bonds. The molecule has 0 fully saturated rings. The van der Waals surface area contributed by atoms with Gasteiger partial charge in [-0.25, -0.2) is 15.0 Å². The van der Waals surface area contributed by atoms with Gasteiger partial charge in [-0.1, -0.05) is 12.1 Å². The number of aromatic nitrogens is 4. The fourth-order valence-electron chi connectivity index (χ4n) is 3.52. The monoisotopic (exact) mass is 438 g/mol. The fourth-order valence-corrected chi connectivity index (χ4v) is 3.99. The minimum atomic E-state index is -0.464. The molecule has 0 spiro atoms. The van der Waals surface area contributed by atoms with Crippen LogP contribution in [0, 0.1) is 0 Å². The van der Waals surface area contributed by atoms with E-state index in [1.165, 1.54) is 12.4 Å². The number of fused-ring (bicyclic) bond motifs is 2. The summed E-state index contributed by atoms with van der Waals surface area (Å²) in [5.74, 6) is 0.514. The Labute approximate surface area is 183 Å². The number of para-hydroxylation sites is 2. The first-order valence-electron chi connectivity index (χ1n) is 9.98. The number of rotatable bonds is 9. The largest absolute Gasteiger partial charge is 0.346 e. The number of aromatic amines is 1. The Kier molecular flexibility index (Phi) is 6.26. The molecule has 0 aliphatic carbocycles. The number of hydrogen-bond donors (Lipinski definition) is 2. The molecule has 0 radical (unpaired) electrons. The molecular weight excluding hydrogens is 416 g/mol. The van der Waals surface area contributed by atoms with Crippen molar-refractivity contribution in [2.24, 2.45) is 0 Å². The number of benzene rings is 1. The van der Waals surface area contributed by atoms with Gasteiger partial charge in [0.2, 0.25) is 5.91 Å². The van der Waals surface area contributed by atoms with Crippen LogP contribution in [0.5, 0.6) is 0 Å². The highest BCUT2D eigenvalue weighted by molar-refractivity contribution is 7.98. The summed E-state index contributed by atoms with van der Waals surface area (Å²) in [7, 11) is 0. The van der Waals surface area contributed by atoms with E-state index >= 15 is 0 Å². The second kappa shape index (κ2) is 9.25. The van der Waals surface area contributed by atoms with Gasteiger partial charge in [-0.05, 0) is 37.0 Å². The zero-order chi connectivity index (χ0) is 21.8. The van der Waals surface area contributed by atoms with Crippen LogP contribution in [-0.2, 0) is 4.79 Å². The third kappa shape index (κ3) is 4.43. The van der Waals surface area contributed by atoms with Gasteiger partial charge in [0, 0.05) is 25.4 Å². The average Bonchev–Trinajstić information content (AvgIpc) is 3.32. The lowest BCUT2D eigenvalue weighted by Crippen LogP contribution is -2.33. The van der Waals surface area contributed by atoms with Gasteiger partial charge in [0.25, 0.3) is 11.8 Å². The third-order valence-electron chi connectivity index (χ3n) is 5.06. The Morgan fingerprint density at radius 1 is 1.16 bits per heavy atom. The molecule has 0 unspecified atom stereocenters. The van der Waals surface area contributed by atoms with E-state index in [1.807, 2.05) is 30.5 Å². The molecule has 2 aromatic heterocycles. The minimum absolute atomic E-state index is 0.0685. The number of H-pyrrole nitrogens is 1. The molecule has 10 heteroatoms. The maximum atomic E-state index is 12.6. The topological polar surface area (TPSA) is 121 Å². The van der Waals surface area contributed by atoms with Crippen LogP contribution in [0.4, 0.5) is 0 Å². The molecule has 2 N–H and O–H groups in total. The van der Waals surface area contributed by atoms with Crippen molar-refractivity contribution < 1.29 is 14.4 Å². The molecule has 1 aromatic carbocycles. The first-order valence-corrected chi connectivity index (χ1v) is 11.4. The number of carbonyl (C=O) groups is 3. The summed E-state index contributed by atoms with van der Waals surface area (Å²) in [5, 5.41) is 3.03. The van der Waals surface area contributed by atoms with Crippen LogP contribution in [-0.4, -0.2) is 61.1 Å². The highest BCUT2D eigenvalue weighted by Gasteiger charge is 2.37. The van der Waals surface area contributed by atoms with Crippen molar-refractivity contribution in [2.45, 2.75) is 25.3 Å². The average molecular weight is 439 g/mol. The number of imidazole rings is 1. The highest BCUT2D eigenvalue weighted by atomic mass is 32.2. The van der Waals surface area contributed by atoms with Crippen molar-refractivity contribution in [1.29, 1.82) is 0 Å². The molecule has 9 nitrogen and oxygen atoms in total. The van der Waals surface area contributed by atoms with Gasteiger partial charge in [-0.2, -0.15) is 11.8 Å². The second-order valence-electron chi connectivity index (χ2n) is 7.16. The highest BCUT2D eigenvalue weighted by Crippen LogP contribution is 2.21. The van der Waals surface area contributed by atoms with Crippen molar-refractivity contribution in [3.05, 3.63) is 53.9 Å². The van der Waals surface area contributed by atoms with Crippen molar-refractivity contribution in [2.75, 3.05) is 18.6 Å². The van der Waals surface area contributed by atoms with Crippen molar-refractivity contribution in [1.82, 2.24) is 30.2 Å². The number of amides is 3. The van der Waals surface area contributed by atoms with Crippen LogP contribution in [0.3, 0.4) is 0 Å². The Hall–Kier alpha value is -3.27. The van der Waals surface area contributed by atoms with E-state index in [4.69, 9.17) is 0 Å². The van der Waals surface area contributed by atoms with Gasteiger partial charge in [0.15, 0.2) is 11.4 Å². The molecule has 1 aliphatic heterocycles. The first-order chi connectivity index (χ1) is 15.1. The van der Waals surface area contributed by atoms with Crippen molar-refractivity contribution in [3.8, 4) is 0 Å². The normalized spacial score (nSPS) is 14.2. The molecule has 31 heavy (non-hydrogen) atoms. The van der Waals surface area contributed by atoms with Gasteiger partial charge in [-0.3, -0.25) is 19.3 Å². The molecule has 0 saturated heterocycles. The van der Waals surface area contributed by atoms with Crippen LogP contribution < -0.4 is 5.32 Å². The van der Waals surface area contributed by atoms with Crippen LogP contribution in [0.1, 0.15) is 52.1 Å². The van der Waals surface area contributed by atoms with E-state index in [9.17, 15) is 14.4 Å². The summed E-state index contributed by atoms with van der Waals surface area (Å²) in [5.41, 5.74) is 1.92. The van der Waals surface area contributed by atoms with Crippen LogP contribution in [0.2, 0.25) is 0 Å². The SMILES string of the molecule is CSCC[C@H](NC(=O)CCCN1C(=O)c2nccnc2C1=O)c1nc2ccccc2[nH]1. The van der Waals surface area contributed by atoms with Gasteiger partial charge < -0.3 is 10.3 Å². The van der Waals surface area contributed by atoms with E-state index in [-0.39, 0.29) is 36.3 Å². The second-order valence-corrected chi connectivity index (χ2v) is 8.15. The predicted molar refractivity (Wildman–Crippen MR) is 117 cm³/mol. The quantitative estimate of drug-likeness (QED) is 0.492. The summed E-state index contributed by atoms with van der Waals surface area (Å²) in [4.78, 5) is 54.1. The van der Waals surface area contributed by atoms with Crippen molar-refractivity contribution >= 4 is 40.5 Å². The van der Waals surface area contributed by atoms with E-state index in [0.29, 0.717) is 6.42 Å². The van der Waals surface area contributed by atoms with E-state index in [1.54, 1.807) is 11.8 Å². The molecule has 160 valence electrons. The molecule has 3 aromatic rings. The van der Waals surface area contributed by atoms with Gasteiger partial charge in [-0.15, -0.1) is 0 Å². The maximum absolute atomic E-state index is 12.6. The Morgan fingerprint density at radius 3 is 2.55 bits per heavy atom. The summed E-state index contributed by atoms with van der Waals surface area (Å²) in [6.45, 7) is 0.142. The zero-order valence-corrected chi connectivity index (χ0v) is 17.8. The molecule has 0 saturated carbocycles. The third-order valence-corrected chi connectivity index (χ3v) is 5.71. The minimum Gasteiger partial charge on any atom is -0.346 e. The van der Waals surface area contributed by atoms with E-state index in [2.05, 4.69) is 25.3 Å². The molecule has 1 atom stereocenters. The number of nitrogens with one attached hydrogen (secondary N) is 2. The summed E-state index contributed by atoms with van der Waals surface area (Å²) in [6.07, 6.45) is 6.06. The number of thioether (sulfide) groups is 1. The van der Waals surface area contributed by atoms with Crippen molar-refractivity contribution in [3.63, 3.8) is 0 Å². The summed E-state index contributed by atoms with van der Waals surface area (Å²) < 4.78 is 0.